The molecule has 5 heteroatoms. The van der Waals surface area contributed by atoms with E-state index in [9.17, 15) is 9.18 Å². The van der Waals surface area contributed by atoms with Crippen LogP contribution in [0.4, 0.5) is 4.39 Å². The lowest BCUT2D eigenvalue weighted by Crippen LogP contribution is -2.24. The Labute approximate surface area is 142 Å². The van der Waals surface area contributed by atoms with E-state index in [2.05, 4.69) is 5.10 Å². The maximum Gasteiger partial charge on any atom is 0.274 e. The van der Waals surface area contributed by atoms with Crippen LogP contribution in [0.2, 0.25) is 0 Å². The maximum atomic E-state index is 13.0. The zero-order valence-electron chi connectivity index (χ0n) is 14.6. The normalized spacial score (nSPS) is 16.8. The fourth-order valence-electron chi connectivity index (χ4n) is 3.51. The number of aromatic nitrogens is 2. The third-order valence-corrected chi connectivity index (χ3v) is 4.92. The number of hydrogen-bond acceptors (Lipinski definition) is 2. The van der Waals surface area contributed by atoms with Crippen LogP contribution < -0.4 is 0 Å². The van der Waals surface area contributed by atoms with Crippen molar-refractivity contribution < 1.29 is 9.18 Å². The number of benzene rings is 1. The molecule has 1 aliphatic rings. The van der Waals surface area contributed by atoms with Gasteiger partial charge in [-0.25, -0.2) is 4.39 Å². The number of hydrogen-bond donors (Lipinski definition) is 0. The minimum atomic E-state index is -0.191. The Balaban J connectivity index is 1.71. The summed E-state index contributed by atoms with van der Waals surface area (Å²) in [6, 6.07) is 6.75. The molecule has 0 spiro atoms. The molecule has 3 rings (SSSR count). The molecule has 2 aromatic rings. The minimum absolute atomic E-state index is 0.0222. The Morgan fingerprint density at radius 2 is 2.04 bits per heavy atom. The van der Waals surface area contributed by atoms with Gasteiger partial charge in [-0.05, 0) is 55.7 Å². The van der Waals surface area contributed by atoms with Crippen LogP contribution in [0.1, 0.15) is 40.2 Å². The van der Waals surface area contributed by atoms with Crippen LogP contribution in [0, 0.1) is 11.7 Å². The molecule has 128 valence electrons. The Morgan fingerprint density at radius 1 is 1.33 bits per heavy atom. The van der Waals surface area contributed by atoms with E-state index in [0.717, 1.165) is 43.2 Å². The molecule has 24 heavy (non-hydrogen) atoms. The first kappa shape index (κ1) is 16.7. The standard InChI is InChI=1S/C19H24FN3O/c1-22(2)19(24)18-16-12-14(8-11-17(16)23(3)21-18)5-4-13-6-9-15(20)10-7-13/h6-7,9-10,14H,4-5,8,11-12H2,1-3H3. The molecule has 1 amide bonds. The largest absolute Gasteiger partial charge is 0.343 e. The Hall–Kier alpha value is -2.17. The number of halogens is 1. The number of rotatable bonds is 4. The zero-order chi connectivity index (χ0) is 17.3. The van der Waals surface area contributed by atoms with Crippen LogP contribution in [-0.2, 0) is 26.3 Å². The van der Waals surface area contributed by atoms with Crippen LogP contribution in [0.3, 0.4) is 0 Å². The van der Waals surface area contributed by atoms with Crippen LogP contribution >= 0.6 is 0 Å². The molecule has 0 radical (unpaired) electrons. The van der Waals surface area contributed by atoms with Gasteiger partial charge in [-0.3, -0.25) is 9.48 Å². The number of carbonyl (C=O) groups excluding carboxylic acids is 1. The molecule has 0 N–H and O–H groups in total. The molecule has 1 aromatic heterocycles. The molecular weight excluding hydrogens is 305 g/mol. The molecule has 0 saturated heterocycles. The monoisotopic (exact) mass is 329 g/mol. The second kappa shape index (κ2) is 6.75. The SMILES string of the molecule is CN(C)C(=O)c1nn(C)c2c1CC(CCc1ccc(F)cc1)CC2. The van der Waals surface area contributed by atoms with Crippen LogP contribution in [0.5, 0.6) is 0 Å². The van der Waals surface area contributed by atoms with Gasteiger partial charge in [-0.15, -0.1) is 0 Å². The molecule has 1 aromatic carbocycles. The van der Waals surface area contributed by atoms with Gasteiger partial charge in [0.1, 0.15) is 5.82 Å². The van der Waals surface area contributed by atoms with E-state index in [1.54, 1.807) is 19.0 Å². The highest BCUT2D eigenvalue weighted by Crippen LogP contribution is 2.31. The number of fused-ring (bicyclic) bond motifs is 1. The average molecular weight is 329 g/mol. The maximum absolute atomic E-state index is 13.0. The highest BCUT2D eigenvalue weighted by atomic mass is 19.1. The van der Waals surface area contributed by atoms with Gasteiger partial charge in [0.15, 0.2) is 5.69 Å². The summed E-state index contributed by atoms with van der Waals surface area (Å²) in [5.41, 5.74) is 4.08. The summed E-state index contributed by atoms with van der Waals surface area (Å²) in [7, 11) is 5.45. The predicted octanol–water partition coefficient (Wildman–Crippen LogP) is 3.00. The zero-order valence-corrected chi connectivity index (χ0v) is 14.6. The summed E-state index contributed by atoms with van der Waals surface area (Å²) in [5, 5.41) is 4.46. The Morgan fingerprint density at radius 3 is 2.71 bits per heavy atom. The van der Waals surface area contributed by atoms with E-state index in [0.29, 0.717) is 11.6 Å². The highest BCUT2D eigenvalue weighted by Gasteiger charge is 2.28. The van der Waals surface area contributed by atoms with Crippen molar-refractivity contribution in [2.75, 3.05) is 14.1 Å². The molecular formula is C19H24FN3O. The van der Waals surface area contributed by atoms with Crippen molar-refractivity contribution in [2.45, 2.75) is 32.1 Å². The summed E-state index contributed by atoms with van der Waals surface area (Å²) in [4.78, 5) is 14.0. The van der Waals surface area contributed by atoms with E-state index >= 15 is 0 Å². The quantitative estimate of drug-likeness (QED) is 0.865. The van der Waals surface area contributed by atoms with Gasteiger partial charge in [0.25, 0.3) is 5.91 Å². The first-order valence-electron chi connectivity index (χ1n) is 8.46. The number of nitrogens with zero attached hydrogens (tertiary/aromatic N) is 3. The van der Waals surface area contributed by atoms with E-state index in [4.69, 9.17) is 0 Å². The second-order valence-electron chi connectivity index (χ2n) is 6.87. The van der Waals surface area contributed by atoms with Gasteiger partial charge < -0.3 is 4.90 Å². The fraction of sp³-hybridized carbons (Fsp3) is 0.474. The van der Waals surface area contributed by atoms with Gasteiger partial charge >= 0.3 is 0 Å². The summed E-state index contributed by atoms with van der Waals surface area (Å²) in [6.45, 7) is 0. The number of amides is 1. The fourth-order valence-corrected chi connectivity index (χ4v) is 3.51. The van der Waals surface area contributed by atoms with Crippen LogP contribution in [0.25, 0.3) is 0 Å². The van der Waals surface area contributed by atoms with Crippen LogP contribution in [-0.4, -0.2) is 34.7 Å². The van der Waals surface area contributed by atoms with Crippen molar-refractivity contribution in [1.82, 2.24) is 14.7 Å². The van der Waals surface area contributed by atoms with Gasteiger partial charge in [-0.1, -0.05) is 12.1 Å². The molecule has 0 saturated carbocycles. The van der Waals surface area contributed by atoms with E-state index < -0.39 is 0 Å². The lowest BCUT2D eigenvalue weighted by molar-refractivity contribution is 0.0819. The van der Waals surface area contributed by atoms with Crippen molar-refractivity contribution in [3.8, 4) is 0 Å². The number of carbonyl (C=O) groups is 1. The smallest absolute Gasteiger partial charge is 0.274 e. The molecule has 0 aliphatic heterocycles. The topological polar surface area (TPSA) is 38.1 Å². The molecule has 0 fully saturated rings. The molecule has 1 heterocycles. The van der Waals surface area contributed by atoms with Crippen molar-refractivity contribution in [2.24, 2.45) is 13.0 Å². The first-order valence-corrected chi connectivity index (χ1v) is 8.46. The Kier molecular flexibility index (Phi) is 4.69. The van der Waals surface area contributed by atoms with E-state index in [-0.39, 0.29) is 11.7 Å². The van der Waals surface area contributed by atoms with Gasteiger partial charge in [-0.2, -0.15) is 5.10 Å². The van der Waals surface area contributed by atoms with E-state index in [1.807, 2.05) is 23.9 Å². The van der Waals surface area contributed by atoms with Crippen molar-refractivity contribution in [3.05, 3.63) is 52.6 Å². The van der Waals surface area contributed by atoms with E-state index in [1.165, 1.54) is 17.8 Å². The molecule has 1 aliphatic carbocycles. The first-order chi connectivity index (χ1) is 11.5. The molecule has 1 unspecified atom stereocenters. The second-order valence-corrected chi connectivity index (χ2v) is 6.87. The molecule has 4 nitrogen and oxygen atoms in total. The number of aryl methyl sites for hydroxylation is 2. The molecule has 1 atom stereocenters. The summed E-state index contributed by atoms with van der Waals surface area (Å²) >= 11 is 0. The lowest BCUT2D eigenvalue weighted by Gasteiger charge is -2.23. The van der Waals surface area contributed by atoms with Gasteiger partial charge in [0.2, 0.25) is 0 Å². The predicted molar refractivity (Wildman–Crippen MR) is 91.5 cm³/mol. The molecule has 0 bridgehead atoms. The van der Waals surface area contributed by atoms with Crippen molar-refractivity contribution >= 4 is 5.91 Å². The van der Waals surface area contributed by atoms with Crippen molar-refractivity contribution in [3.63, 3.8) is 0 Å². The summed E-state index contributed by atoms with van der Waals surface area (Å²) in [6.07, 6.45) is 4.98. The average Bonchev–Trinajstić information content (AvgIpc) is 2.90. The Bertz CT molecular complexity index is 734. The summed E-state index contributed by atoms with van der Waals surface area (Å²) < 4.78 is 14.9. The van der Waals surface area contributed by atoms with Gasteiger partial charge in [0, 0.05) is 32.4 Å². The lowest BCUT2D eigenvalue weighted by atomic mass is 9.83. The van der Waals surface area contributed by atoms with Crippen molar-refractivity contribution in [1.29, 1.82) is 0 Å². The summed E-state index contributed by atoms with van der Waals surface area (Å²) in [5.74, 6) is 0.328. The van der Waals surface area contributed by atoms with Gasteiger partial charge in [0.05, 0.1) is 0 Å². The minimum Gasteiger partial charge on any atom is -0.343 e. The highest BCUT2D eigenvalue weighted by molar-refractivity contribution is 5.93. The third kappa shape index (κ3) is 3.35. The van der Waals surface area contributed by atoms with Crippen LogP contribution in [0.15, 0.2) is 24.3 Å². The third-order valence-electron chi connectivity index (χ3n) is 4.92.